The highest BCUT2D eigenvalue weighted by Gasteiger charge is 2.13. The Morgan fingerprint density at radius 2 is 2.27 bits per heavy atom. The van der Waals surface area contributed by atoms with Crippen molar-refractivity contribution < 1.29 is 0 Å². The fraction of sp³-hybridized carbons (Fsp3) is 0.500. The molecule has 2 heterocycles. The summed E-state index contributed by atoms with van der Waals surface area (Å²) in [5, 5.41) is 15.2. The summed E-state index contributed by atoms with van der Waals surface area (Å²) in [6.45, 7) is 5.74. The van der Waals surface area contributed by atoms with Gasteiger partial charge in [0.2, 0.25) is 5.95 Å². The topological polar surface area (TPSA) is 68.5 Å². The van der Waals surface area contributed by atoms with Crippen LogP contribution in [-0.4, -0.2) is 30.9 Å². The van der Waals surface area contributed by atoms with Gasteiger partial charge < -0.3 is 5.32 Å². The van der Waals surface area contributed by atoms with Gasteiger partial charge in [-0.3, -0.25) is 4.57 Å². The average molecular weight is 224 g/mol. The summed E-state index contributed by atoms with van der Waals surface area (Å²) in [6, 6.07) is 0. The summed E-state index contributed by atoms with van der Waals surface area (Å²) in [5.74, 6) is 1.62. The van der Waals surface area contributed by atoms with Gasteiger partial charge in [0.1, 0.15) is 4.88 Å². The molecule has 2 aromatic heterocycles. The summed E-state index contributed by atoms with van der Waals surface area (Å²) < 4.78 is 5.83. The number of anilines is 1. The first kappa shape index (κ1) is 10.0. The second-order valence-corrected chi connectivity index (χ2v) is 3.69. The highest BCUT2D eigenvalue weighted by molar-refractivity contribution is 7.09. The summed E-state index contributed by atoms with van der Waals surface area (Å²) in [6.07, 6.45) is 1.70. The van der Waals surface area contributed by atoms with Crippen LogP contribution in [0.4, 0.5) is 5.95 Å². The molecule has 1 N–H and O–H groups in total. The van der Waals surface area contributed by atoms with Crippen LogP contribution in [0.3, 0.4) is 0 Å². The van der Waals surface area contributed by atoms with Gasteiger partial charge in [0.25, 0.3) is 0 Å². The molecule has 80 valence electrons. The summed E-state index contributed by atoms with van der Waals surface area (Å²) in [5.41, 5.74) is 0. The van der Waals surface area contributed by atoms with Crippen molar-refractivity contribution in [2.75, 3.05) is 11.9 Å². The van der Waals surface area contributed by atoms with Gasteiger partial charge in [-0.1, -0.05) is 4.49 Å². The average Bonchev–Trinajstić information content (AvgIpc) is 2.85. The van der Waals surface area contributed by atoms with Crippen molar-refractivity contribution >= 4 is 17.5 Å². The number of nitrogens with zero attached hydrogens (tertiary/aromatic N) is 5. The van der Waals surface area contributed by atoms with Crippen molar-refractivity contribution in [1.29, 1.82) is 0 Å². The third-order valence-electron chi connectivity index (χ3n) is 1.98. The van der Waals surface area contributed by atoms with Gasteiger partial charge in [0, 0.05) is 13.1 Å². The summed E-state index contributed by atoms with van der Waals surface area (Å²) in [4.78, 5) is 0.938. The lowest BCUT2D eigenvalue weighted by molar-refractivity contribution is 0.771. The first-order chi connectivity index (χ1) is 7.36. The van der Waals surface area contributed by atoms with E-state index in [-0.39, 0.29) is 0 Å². The van der Waals surface area contributed by atoms with Crippen LogP contribution in [0.25, 0.3) is 10.7 Å². The van der Waals surface area contributed by atoms with E-state index >= 15 is 0 Å². The minimum atomic E-state index is 0.795. The third kappa shape index (κ3) is 1.82. The predicted molar refractivity (Wildman–Crippen MR) is 58.8 cm³/mol. The molecule has 6 nitrogen and oxygen atoms in total. The zero-order valence-electron chi connectivity index (χ0n) is 8.64. The Morgan fingerprint density at radius 3 is 2.87 bits per heavy atom. The largest absolute Gasteiger partial charge is 0.355 e. The molecule has 2 rings (SSSR count). The van der Waals surface area contributed by atoms with Gasteiger partial charge in [-0.05, 0) is 25.4 Å². The molecule has 0 aliphatic heterocycles. The predicted octanol–water partition coefficient (Wildman–Crippen LogP) is 1.25. The molecule has 0 unspecified atom stereocenters. The molecular formula is C8H12N6S. The third-order valence-corrected chi connectivity index (χ3v) is 2.64. The second kappa shape index (κ2) is 4.35. The summed E-state index contributed by atoms with van der Waals surface area (Å²) in [7, 11) is 0. The van der Waals surface area contributed by atoms with Crippen molar-refractivity contribution in [3.63, 3.8) is 0 Å². The maximum absolute atomic E-state index is 4.13. The van der Waals surface area contributed by atoms with Crippen LogP contribution in [0.2, 0.25) is 0 Å². The molecule has 15 heavy (non-hydrogen) atoms. The van der Waals surface area contributed by atoms with Crippen LogP contribution in [0, 0.1) is 0 Å². The van der Waals surface area contributed by atoms with Gasteiger partial charge in [0.05, 0.1) is 6.20 Å². The van der Waals surface area contributed by atoms with Crippen molar-refractivity contribution in [3.8, 4) is 10.7 Å². The molecule has 0 aliphatic carbocycles. The number of hydrogen-bond acceptors (Lipinski definition) is 6. The Kier molecular flexibility index (Phi) is 2.91. The maximum Gasteiger partial charge on any atom is 0.224 e. The Balaban J connectivity index is 2.40. The van der Waals surface area contributed by atoms with E-state index in [1.807, 2.05) is 11.5 Å². The van der Waals surface area contributed by atoms with Crippen molar-refractivity contribution in [2.45, 2.75) is 20.4 Å². The Bertz CT molecular complexity index is 420. The van der Waals surface area contributed by atoms with E-state index in [1.165, 1.54) is 11.5 Å². The lowest BCUT2D eigenvalue weighted by Crippen LogP contribution is -2.06. The van der Waals surface area contributed by atoms with E-state index in [9.17, 15) is 0 Å². The van der Waals surface area contributed by atoms with E-state index in [4.69, 9.17) is 0 Å². The van der Waals surface area contributed by atoms with Gasteiger partial charge in [-0.2, -0.15) is 0 Å². The minimum Gasteiger partial charge on any atom is -0.355 e. The molecule has 0 amide bonds. The van der Waals surface area contributed by atoms with Crippen LogP contribution in [0.15, 0.2) is 6.20 Å². The van der Waals surface area contributed by atoms with Gasteiger partial charge in [-0.25, -0.2) is 0 Å². The van der Waals surface area contributed by atoms with Crippen LogP contribution in [-0.2, 0) is 6.54 Å². The zero-order valence-corrected chi connectivity index (χ0v) is 9.45. The quantitative estimate of drug-likeness (QED) is 0.846. The maximum atomic E-state index is 4.13. The van der Waals surface area contributed by atoms with E-state index < -0.39 is 0 Å². The monoisotopic (exact) mass is 224 g/mol. The second-order valence-electron chi connectivity index (χ2n) is 2.90. The van der Waals surface area contributed by atoms with Crippen LogP contribution < -0.4 is 5.32 Å². The van der Waals surface area contributed by atoms with Gasteiger partial charge in [-0.15, -0.1) is 15.3 Å². The molecule has 0 fully saturated rings. The molecule has 0 radical (unpaired) electrons. The van der Waals surface area contributed by atoms with Gasteiger partial charge in [0.15, 0.2) is 5.82 Å². The Morgan fingerprint density at radius 1 is 1.40 bits per heavy atom. The first-order valence-corrected chi connectivity index (χ1v) is 5.59. The highest BCUT2D eigenvalue weighted by Crippen LogP contribution is 2.22. The number of aromatic nitrogens is 5. The van der Waals surface area contributed by atoms with Crippen molar-refractivity contribution in [3.05, 3.63) is 6.20 Å². The zero-order chi connectivity index (χ0) is 10.7. The van der Waals surface area contributed by atoms with Crippen LogP contribution in [0.5, 0.6) is 0 Å². The van der Waals surface area contributed by atoms with Gasteiger partial charge >= 0.3 is 0 Å². The smallest absolute Gasteiger partial charge is 0.224 e. The normalized spacial score (nSPS) is 10.5. The van der Waals surface area contributed by atoms with Crippen LogP contribution >= 0.6 is 11.5 Å². The van der Waals surface area contributed by atoms with E-state index in [2.05, 4.69) is 32.0 Å². The SMILES string of the molecule is CCNc1nnc(-c2cnns2)n1CC. The molecule has 0 bridgehead atoms. The fourth-order valence-electron chi connectivity index (χ4n) is 1.34. The molecule has 0 spiro atoms. The molecule has 0 saturated carbocycles. The number of rotatable bonds is 4. The van der Waals surface area contributed by atoms with Crippen molar-refractivity contribution in [2.24, 2.45) is 0 Å². The minimum absolute atomic E-state index is 0.795. The summed E-state index contributed by atoms with van der Waals surface area (Å²) >= 11 is 1.32. The van der Waals surface area contributed by atoms with E-state index in [1.54, 1.807) is 6.20 Å². The lowest BCUT2D eigenvalue weighted by Gasteiger charge is -2.05. The van der Waals surface area contributed by atoms with E-state index in [0.29, 0.717) is 0 Å². The molecule has 0 atom stereocenters. The van der Waals surface area contributed by atoms with E-state index in [0.717, 1.165) is 29.7 Å². The Hall–Kier alpha value is -1.50. The fourth-order valence-corrected chi connectivity index (χ4v) is 1.85. The lowest BCUT2D eigenvalue weighted by atomic mass is 10.5. The Labute approximate surface area is 91.5 Å². The molecule has 2 aromatic rings. The highest BCUT2D eigenvalue weighted by atomic mass is 32.1. The molecule has 0 saturated heterocycles. The number of hydrogen-bond donors (Lipinski definition) is 1. The molecule has 0 aliphatic rings. The van der Waals surface area contributed by atoms with Crippen molar-refractivity contribution in [1.82, 2.24) is 24.4 Å². The first-order valence-electron chi connectivity index (χ1n) is 4.81. The molecule has 7 heteroatoms. The standard InChI is InChI=1S/C8H12N6S/c1-3-9-8-12-11-7(14(8)4-2)6-5-10-13-15-6/h5H,3-4H2,1-2H3,(H,9,12). The number of nitrogens with one attached hydrogen (secondary N) is 1. The molecular weight excluding hydrogens is 212 g/mol. The van der Waals surface area contributed by atoms with Crippen LogP contribution in [0.1, 0.15) is 13.8 Å². The molecule has 0 aromatic carbocycles.